The number of aryl methyl sites for hydroxylation is 2. The number of carbonyl (C=O) groups is 1. The van der Waals surface area contributed by atoms with E-state index in [9.17, 15) is 10.1 Å². The minimum absolute atomic E-state index is 0.0429. The molecule has 0 radical (unpaired) electrons. The predicted octanol–water partition coefficient (Wildman–Crippen LogP) is 3.53. The van der Waals surface area contributed by atoms with Crippen LogP contribution in [0.3, 0.4) is 0 Å². The van der Waals surface area contributed by atoms with Crippen LogP contribution in [0.4, 0.5) is 0 Å². The Bertz CT molecular complexity index is 831. The molecule has 5 heteroatoms. The van der Waals surface area contributed by atoms with Crippen molar-refractivity contribution in [2.75, 3.05) is 0 Å². The lowest BCUT2D eigenvalue weighted by atomic mass is 9.89. The Balaban J connectivity index is 1.61. The van der Waals surface area contributed by atoms with E-state index in [1.54, 1.807) is 12.3 Å². The van der Waals surface area contributed by atoms with Crippen molar-refractivity contribution in [1.82, 2.24) is 10.6 Å². The molecular formula is C21H23N3O2. The van der Waals surface area contributed by atoms with Crippen LogP contribution in [0.25, 0.3) is 0 Å². The van der Waals surface area contributed by atoms with Crippen molar-refractivity contribution in [2.45, 2.75) is 45.2 Å². The number of carbonyl (C=O) groups excluding carboxylic acids is 1. The lowest BCUT2D eigenvalue weighted by Gasteiger charge is -2.20. The van der Waals surface area contributed by atoms with Crippen LogP contribution in [0, 0.1) is 11.3 Å². The number of nitriles is 1. The zero-order valence-electron chi connectivity index (χ0n) is 14.9. The Labute approximate surface area is 153 Å². The van der Waals surface area contributed by atoms with Crippen LogP contribution in [-0.2, 0) is 24.2 Å². The number of benzene rings is 1. The minimum Gasteiger partial charge on any atom is -0.467 e. The van der Waals surface area contributed by atoms with Crippen LogP contribution >= 0.6 is 0 Å². The van der Waals surface area contributed by atoms with Gasteiger partial charge in [0.25, 0.3) is 5.91 Å². The molecule has 1 unspecified atom stereocenters. The highest BCUT2D eigenvalue weighted by Crippen LogP contribution is 2.24. The SMILES string of the molecule is CC(NC(=O)/C(C#N)=C\NCc1ccco1)c1ccc2c(c1)CCCC2. The smallest absolute Gasteiger partial charge is 0.263 e. The molecule has 26 heavy (non-hydrogen) atoms. The molecule has 0 aliphatic heterocycles. The van der Waals surface area contributed by atoms with Crippen LogP contribution in [0.15, 0.2) is 52.8 Å². The van der Waals surface area contributed by atoms with Gasteiger partial charge in [-0.2, -0.15) is 5.26 Å². The van der Waals surface area contributed by atoms with E-state index in [4.69, 9.17) is 4.42 Å². The molecule has 2 aromatic rings. The highest BCUT2D eigenvalue weighted by Gasteiger charge is 2.16. The number of furan rings is 1. The van der Waals surface area contributed by atoms with Crippen LogP contribution in [0.2, 0.25) is 0 Å². The molecule has 1 aliphatic carbocycles. The highest BCUT2D eigenvalue weighted by molar-refractivity contribution is 5.97. The summed E-state index contributed by atoms with van der Waals surface area (Å²) in [6.07, 6.45) is 7.72. The second-order valence-electron chi connectivity index (χ2n) is 6.56. The molecule has 1 aromatic heterocycles. The second-order valence-corrected chi connectivity index (χ2v) is 6.56. The Hall–Kier alpha value is -3.00. The molecule has 134 valence electrons. The fourth-order valence-electron chi connectivity index (χ4n) is 3.20. The van der Waals surface area contributed by atoms with Crippen molar-refractivity contribution in [3.8, 4) is 6.07 Å². The summed E-state index contributed by atoms with van der Waals surface area (Å²) in [5.74, 6) is 0.353. The first kappa shape index (κ1) is 17.8. The van der Waals surface area contributed by atoms with Gasteiger partial charge in [0.15, 0.2) is 0 Å². The van der Waals surface area contributed by atoms with Gasteiger partial charge in [-0.15, -0.1) is 0 Å². The van der Waals surface area contributed by atoms with Crippen molar-refractivity contribution in [3.05, 3.63) is 70.8 Å². The number of nitrogens with zero attached hydrogens (tertiary/aromatic N) is 1. The molecule has 5 nitrogen and oxygen atoms in total. The van der Waals surface area contributed by atoms with E-state index >= 15 is 0 Å². The van der Waals surface area contributed by atoms with Gasteiger partial charge < -0.3 is 15.1 Å². The van der Waals surface area contributed by atoms with E-state index in [0.29, 0.717) is 6.54 Å². The van der Waals surface area contributed by atoms with Crippen LogP contribution in [-0.4, -0.2) is 5.91 Å². The molecule has 1 atom stereocenters. The lowest BCUT2D eigenvalue weighted by Crippen LogP contribution is -2.28. The Kier molecular flexibility index (Phi) is 5.75. The largest absolute Gasteiger partial charge is 0.467 e. The molecule has 1 aliphatic rings. The van der Waals surface area contributed by atoms with Gasteiger partial charge in [0.1, 0.15) is 17.4 Å². The fraction of sp³-hybridized carbons (Fsp3) is 0.333. The molecule has 0 fully saturated rings. The fourth-order valence-corrected chi connectivity index (χ4v) is 3.20. The molecule has 3 rings (SSSR count). The van der Waals surface area contributed by atoms with Crippen molar-refractivity contribution in [1.29, 1.82) is 5.26 Å². The Morgan fingerprint density at radius 2 is 2.12 bits per heavy atom. The summed E-state index contributed by atoms with van der Waals surface area (Å²) in [7, 11) is 0. The monoisotopic (exact) mass is 349 g/mol. The van der Waals surface area contributed by atoms with Crippen LogP contribution in [0.5, 0.6) is 0 Å². The standard InChI is InChI=1S/C21H23N3O2/c1-15(17-9-8-16-5-2-3-6-18(16)11-17)24-21(25)19(12-22)13-23-14-20-7-4-10-26-20/h4,7-11,13,15,23H,2-3,5-6,14H2,1H3,(H,24,25)/b19-13-. The van der Waals surface area contributed by atoms with Crippen molar-refractivity contribution in [3.63, 3.8) is 0 Å². The first-order chi connectivity index (χ1) is 12.7. The zero-order valence-corrected chi connectivity index (χ0v) is 14.9. The van der Waals surface area contributed by atoms with Crippen molar-refractivity contribution < 1.29 is 9.21 Å². The lowest BCUT2D eigenvalue weighted by molar-refractivity contribution is -0.117. The summed E-state index contributed by atoms with van der Waals surface area (Å²) < 4.78 is 5.20. The number of hydrogen-bond acceptors (Lipinski definition) is 4. The topological polar surface area (TPSA) is 78.1 Å². The van der Waals surface area contributed by atoms with Gasteiger partial charge >= 0.3 is 0 Å². The van der Waals surface area contributed by atoms with Gasteiger partial charge in [0.2, 0.25) is 0 Å². The summed E-state index contributed by atoms with van der Waals surface area (Å²) in [5.41, 5.74) is 3.91. The molecule has 1 amide bonds. The third-order valence-corrected chi connectivity index (χ3v) is 4.69. The van der Waals surface area contributed by atoms with E-state index in [1.165, 1.54) is 30.2 Å². The van der Waals surface area contributed by atoms with Gasteiger partial charge in [-0.25, -0.2) is 0 Å². The summed E-state index contributed by atoms with van der Waals surface area (Å²) in [6.45, 7) is 2.36. The zero-order chi connectivity index (χ0) is 18.4. The third-order valence-electron chi connectivity index (χ3n) is 4.69. The van der Waals surface area contributed by atoms with Gasteiger partial charge in [0, 0.05) is 6.20 Å². The molecule has 0 bridgehead atoms. The van der Waals surface area contributed by atoms with Gasteiger partial charge in [-0.05, 0) is 61.4 Å². The minimum atomic E-state index is -0.385. The maximum absolute atomic E-state index is 12.4. The Morgan fingerprint density at radius 1 is 1.31 bits per heavy atom. The second kappa shape index (κ2) is 8.39. The summed E-state index contributed by atoms with van der Waals surface area (Å²) in [4.78, 5) is 12.4. The quantitative estimate of drug-likeness (QED) is 0.618. The first-order valence-corrected chi connectivity index (χ1v) is 8.96. The van der Waals surface area contributed by atoms with Gasteiger partial charge in [0.05, 0.1) is 18.8 Å². The molecule has 0 spiro atoms. The van der Waals surface area contributed by atoms with Crippen LogP contribution < -0.4 is 10.6 Å². The normalized spacial score (nSPS) is 14.8. The Morgan fingerprint density at radius 3 is 2.85 bits per heavy atom. The van der Waals surface area contributed by atoms with Crippen molar-refractivity contribution in [2.24, 2.45) is 0 Å². The van der Waals surface area contributed by atoms with E-state index < -0.39 is 0 Å². The van der Waals surface area contributed by atoms with E-state index in [-0.39, 0.29) is 17.5 Å². The van der Waals surface area contributed by atoms with E-state index in [0.717, 1.165) is 24.2 Å². The number of fused-ring (bicyclic) bond motifs is 1. The average molecular weight is 349 g/mol. The predicted molar refractivity (Wildman–Crippen MR) is 98.9 cm³/mol. The molecule has 0 saturated heterocycles. The maximum atomic E-state index is 12.4. The summed E-state index contributed by atoms with van der Waals surface area (Å²) in [5, 5.41) is 15.1. The number of nitrogens with one attached hydrogen (secondary N) is 2. The van der Waals surface area contributed by atoms with Crippen molar-refractivity contribution >= 4 is 5.91 Å². The third kappa shape index (κ3) is 4.34. The molecule has 1 heterocycles. The maximum Gasteiger partial charge on any atom is 0.263 e. The van der Waals surface area contributed by atoms with Gasteiger partial charge in [-0.3, -0.25) is 4.79 Å². The van der Waals surface area contributed by atoms with Crippen LogP contribution in [0.1, 0.15) is 48.3 Å². The average Bonchev–Trinajstić information content (AvgIpc) is 3.18. The summed E-state index contributed by atoms with van der Waals surface area (Å²) >= 11 is 0. The highest BCUT2D eigenvalue weighted by atomic mass is 16.3. The van der Waals surface area contributed by atoms with Gasteiger partial charge in [-0.1, -0.05) is 18.2 Å². The molecule has 1 aromatic carbocycles. The number of amides is 1. The van der Waals surface area contributed by atoms with E-state index in [2.05, 4.69) is 28.8 Å². The molecule has 2 N–H and O–H groups in total. The summed E-state index contributed by atoms with van der Waals surface area (Å²) in [6, 6.07) is 11.8. The first-order valence-electron chi connectivity index (χ1n) is 8.96. The number of rotatable bonds is 6. The number of hydrogen-bond donors (Lipinski definition) is 2. The molecular weight excluding hydrogens is 326 g/mol. The molecule has 0 saturated carbocycles. The van der Waals surface area contributed by atoms with E-state index in [1.807, 2.05) is 19.1 Å².